The van der Waals surface area contributed by atoms with E-state index in [1.807, 2.05) is 60.7 Å². The van der Waals surface area contributed by atoms with Crippen LogP contribution in [0.15, 0.2) is 152 Å². The van der Waals surface area contributed by atoms with Crippen molar-refractivity contribution in [2.45, 2.75) is 0 Å². The van der Waals surface area contributed by atoms with Crippen molar-refractivity contribution in [2.24, 2.45) is 0 Å². The summed E-state index contributed by atoms with van der Waals surface area (Å²) in [5, 5.41) is 9.52. The van der Waals surface area contributed by atoms with Gasteiger partial charge in [0.15, 0.2) is 7.14 Å². The van der Waals surface area contributed by atoms with E-state index < -0.39 is 18.8 Å². The predicted molar refractivity (Wildman–Crippen MR) is 181 cm³/mol. The Morgan fingerprint density at radius 3 is 1.32 bits per heavy atom. The van der Waals surface area contributed by atoms with Gasteiger partial charge in [0, 0.05) is 21.3 Å². The number of fused-ring (bicyclic) bond motifs is 7. The summed E-state index contributed by atoms with van der Waals surface area (Å²) in [5.41, 5.74) is 2.12. The van der Waals surface area contributed by atoms with Gasteiger partial charge in [-0.15, -0.1) is 0 Å². The lowest BCUT2D eigenvalue weighted by Crippen LogP contribution is -2.27. The van der Waals surface area contributed by atoms with E-state index in [2.05, 4.69) is 42.5 Å². The Labute approximate surface area is 253 Å². The zero-order chi connectivity index (χ0) is 29.8. The maximum atomic E-state index is 16.3. The van der Waals surface area contributed by atoms with Crippen molar-refractivity contribution in [3.63, 3.8) is 0 Å². The van der Waals surface area contributed by atoms with Gasteiger partial charge in [-0.25, -0.2) is 8.78 Å². The highest BCUT2D eigenvalue weighted by Gasteiger charge is 2.35. The summed E-state index contributed by atoms with van der Waals surface area (Å²) in [7, 11) is -3.73. The third-order valence-electron chi connectivity index (χ3n) is 8.63. The van der Waals surface area contributed by atoms with Gasteiger partial charge in [0.25, 0.3) is 0 Å². The smallest absolute Gasteiger partial charge is 0.172 e. The molecule has 0 N–H and O–H groups in total. The van der Waals surface area contributed by atoms with Crippen LogP contribution in [-0.4, -0.2) is 0 Å². The summed E-state index contributed by atoms with van der Waals surface area (Å²) in [6, 6.07) is 46.8. The van der Waals surface area contributed by atoms with Gasteiger partial charge in [-0.05, 0) is 97.4 Å². The molecule has 1 nitrogen and oxygen atoms in total. The molecule has 4 heteroatoms. The molecule has 0 fully saturated rings. The minimum absolute atomic E-state index is 0.412. The summed E-state index contributed by atoms with van der Waals surface area (Å²) >= 11 is 0. The van der Waals surface area contributed by atoms with Crippen molar-refractivity contribution < 1.29 is 13.3 Å². The number of benzene rings is 8. The van der Waals surface area contributed by atoms with Gasteiger partial charge in [0.05, 0.1) is 0 Å². The SMILES string of the molecule is O=P(c1ccc(F)cc1)(c1ccc(F)cc1)c1c2ccccc2c(-c2ccccc2)c2c3ccccc3c3ccccc3c12. The largest absolute Gasteiger partial charge is 0.309 e. The molecule has 0 aromatic heterocycles. The summed E-state index contributed by atoms with van der Waals surface area (Å²) in [6.45, 7) is 0. The Bertz CT molecular complexity index is 2370. The van der Waals surface area contributed by atoms with E-state index in [9.17, 15) is 8.78 Å². The molecule has 8 aromatic carbocycles. The molecule has 0 amide bonds. The van der Waals surface area contributed by atoms with Crippen molar-refractivity contribution in [2.75, 3.05) is 0 Å². The topological polar surface area (TPSA) is 17.1 Å². The van der Waals surface area contributed by atoms with Crippen LogP contribution in [0.2, 0.25) is 0 Å². The van der Waals surface area contributed by atoms with Crippen molar-refractivity contribution in [1.29, 1.82) is 0 Å². The lowest BCUT2D eigenvalue weighted by atomic mass is 9.86. The van der Waals surface area contributed by atoms with Crippen LogP contribution >= 0.6 is 7.14 Å². The molecule has 44 heavy (non-hydrogen) atoms. The summed E-state index contributed by atoms with van der Waals surface area (Å²) in [4.78, 5) is 0. The number of halogens is 2. The second-order valence-electron chi connectivity index (χ2n) is 11.0. The van der Waals surface area contributed by atoms with E-state index in [-0.39, 0.29) is 0 Å². The zero-order valence-electron chi connectivity index (χ0n) is 23.5. The standard InChI is InChI=1S/C40H25F2OP/c41-27-18-22-29(23-19-27)44(43,30-24-20-28(42)21-25-30)40-36-17-9-8-16-35(36)37(26-10-2-1-3-11-26)38-33-14-6-4-12-31(33)32-13-5-7-15-34(32)39(38)40/h1-25H. The van der Waals surface area contributed by atoms with Crippen LogP contribution in [0.4, 0.5) is 8.78 Å². The first-order valence-electron chi connectivity index (χ1n) is 14.5. The van der Waals surface area contributed by atoms with Gasteiger partial charge < -0.3 is 4.57 Å². The summed E-state index contributed by atoms with van der Waals surface area (Å²) < 4.78 is 44.9. The second-order valence-corrected chi connectivity index (χ2v) is 13.7. The highest BCUT2D eigenvalue weighted by Crippen LogP contribution is 2.52. The van der Waals surface area contributed by atoms with Crippen LogP contribution in [0.3, 0.4) is 0 Å². The molecule has 8 aromatic rings. The first-order chi connectivity index (χ1) is 21.6. The van der Waals surface area contributed by atoms with Crippen molar-refractivity contribution in [3.8, 4) is 11.1 Å². The van der Waals surface area contributed by atoms with Crippen LogP contribution in [0.25, 0.3) is 54.2 Å². The Hall–Kier alpha value is -5.11. The highest BCUT2D eigenvalue weighted by molar-refractivity contribution is 7.86. The molecule has 8 rings (SSSR count). The monoisotopic (exact) mass is 590 g/mol. The van der Waals surface area contributed by atoms with Crippen LogP contribution < -0.4 is 15.9 Å². The van der Waals surface area contributed by atoms with Crippen molar-refractivity contribution in [1.82, 2.24) is 0 Å². The lowest BCUT2D eigenvalue weighted by molar-refractivity contribution is 0.592. The predicted octanol–water partition coefficient (Wildman–Crippen LogP) is 9.88. The van der Waals surface area contributed by atoms with Gasteiger partial charge in [-0.2, -0.15) is 0 Å². The maximum Gasteiger partial charge on any atom is 0.172 e. The Balaban J connectivity index is 1.72. The molecule has 0 saturated carbocycles. The molecule has 210 valence electrons. The summed E-state index contributed by atoms with van der Waals surface area (Å²) in [6.07, 6.45) is 0. The normalized spacial score (nSPS) is 12.0. The van der Waals surface area contributed by atoms with Gasteiger partial charge >= 0.3 is 0 Å². The first kappa shape index (κ1) is 26.5. The zero-order valence-corrected chi connectivity index (χ0v) is 24.4. The third kappa shape index (κ3) is 3.93. The number of hydrogen-bond acceptors (Lipinski definition) is 1. The van der Waals surface area contributed by atoms with Gasteiger partial charge in [-0.3, -0.25) is 0 Å². The van der Waals surface area contributed by atoms with Crippen molar-refractivity contribution in [3.05, 3.63) is 163 Å². The van der Waals surface area contributed by atoms with Crippen LogP contribution in [0.1, 0.15) is 0 Å². The fourth-order valence-electron chi connectivity index (χ4n) is 6.76. The molecule has 0 aliphatic rings. The Kier molecular flexibility index (Phi) is 6.18. The number of rotatable bonds is 4. The van der Waals surface area contributed by atoms with E-state index in [1.54, 1.807) is 24.3 Å². The molecular formula is C40H25F2OP. The average molecular weight is 591 g/mol. The fraction of sp³-hybridized carbons (Fsp3) is 0. The van der Waals surface area contributed by atoms with Gasteiger partial charge in [0.2, 0.25) is 0 Å². The number of hydrogen-bond donors (Lipinski definition) is 0. The molecular weight excluding hydrogens is 565 g/mol. The van der Waals surface area contributed by atoms with E-state index in [0.717, 1.165) is 54.2 Å². The molecule has 0 unspecified atom stereocenters. The Morgan fingerprint density at radius 1 is 0.386 bits per heavy atom. The lowest BCUT2D eigenvalue weighted by Gasteiger charge is -2.27. The minimum atomic E-state index is -3.73. The van der Waals surface area contributed by atoms with E-state index >= 15 is 4.57 Å². The van der Waals surface area contributed by atoms with E-state index in [1.165, 1.54) is 24.3 Å². The molecule has 0 atom stereocenters. The molecule has 0 aliphatic heterocycles. The third-order valence-corrected chi connectivity index (χ3v) is 11.8. The molecule has 0 radical (unpaired) electrons. The van der Waals surface area contributed by atoms with Crippen LogP contribution in [0, 0.1) is 11.6 Å². The van der Waals surface area contributed by atoms with Gasteiger partial charge in [-0.1, -0.05) is 103 Å². The van der Waals surface area contributed by atoms with Crippen LogP contribution in [0.5, 0.6) is 0 Å². The van der Waals surface area contributed by atoms with Crippen molar-refractivity contribution >= 4 is 66.1 Å². The molecule has 0 heterocycles. The molecule has 0 saturated heterocycles. The average Bonchev–Trinajstić information content (AvgIpc) is 3.08. The summed E-state index contributed by atoms with van der Waals surface area (Å²) in [5.74, 6) is -0.824. The highest BCUT2D eigenvalue weighted by atomic mass is 31.2. The Morgan fingerprint density at radius 2 is 0.795 bits per heavy atom. The molecule has 0 bridgehead atoms. The van der Waals surface area contributed by atoms with Gasteiger partial charge in [0.1, 0.15) is 11.6 Å². The first-order valence-corrected chi connectivity index (χ1v) is 16.2. The maximum absolute atomic E-state index is 16.3. The fourth-order valence-corrected chi connectivity index (χ4v) is 9.80. The second kappa shape index (κ2) is 10.3. The molecule has 0 aliphatic carbocycles. The van der Waals surface area contributed by atoms with E-state index in [0.29, 0.717) is 15.9 Å². The van der Waals surface area contributed by atoms with Crippen LogP contribution in [-0.2, 0) is 4.57 Å². The van der Waals surface area contributed by atoms with E-state index in [4.69, 9.17) is 0 Å². The quantitative estimate of drug-likeness (QED) is 0.113. The minimum Gasteiger partial charge on any atom is -0.309 e. The molecule has 0 spiro atoms.